The van der Waals surface area contributed by atoms with Gasteiger partial charge in [0.1, 0.15) is 5.76 Å². The number of hydrogen-bond acceptors (Lipinski definition) is 5. The topological polar surface area (TPSA) is 97.4 Å². The average Bonchev–Trinajstić information content (AvgIpc) is 3.11. The van der Waals surface area contributed by atoms with Crippen LogP contribution < -0.4 is 10.6 Å². The van der Waals surface area contributed by atoms with Gasteiger partial charge in [-0.1, -0.05) is 0 Å². The van der Waals surface area contributed by atoms with E-state index >= 15 is 0 Å². The number of carbonyl (C=O) groups excluding carboxylic acids is 1. The van der Waals surface area contributed by atoms with Crippen molar-refractivity contribution in [3.05, 3.63) is 58.5 Å². The van der Waals surface area contributed by atoms with E-state index in [1.807, 2.05) is 19.1 Å². The Morgan fingerprint density at radius 2 is 2.04 bits per heavy atom. The van der Waals surface area contributed by atoms with Gasteiger partial charge in [0.25, 0.3) is 5.69 Å². The van der Waals surface area contributed by atoms with Crippen molar-refractivity contribution in [2.75, 3.05) is 11.9 Å². The Kier molecular flexibility index (Phi) is 7.00. The molecule has 0 fully saturated rings. The van der Waals surface area contributed by atoms with E-state index < -0.39 is 4.92 Å². The van der Waals surface area contributed by atoms with Crippen molar-refractivity contribution in [2.24, 2.45) is 0 Å². The number of nitro groups is 1. The third kappa shape index (κ3) is 6.66. The summed E-state index contributed by atoms with van der Waals surface area (Å²) in [7, 11) is 0. The van der Waals surface area contributed by atoms with Gasteiger partial charge in [-0.25, -0.2) is 0 Å². The lowest BCUT2D eigenvalue weighted by Crippen LogP contribution is -2.32. The molecule has 7 heteroatoms. The van der Waals surface area contributed by atoms with Gasteiger partial charge in [-0.15, -0.1) is 0 Å². The lowest BCUT2D eigenvalue weighted by Gasteiger charge is -2.13. The van der Waals surface area contributed by atoms with Gasteiger partial charge in [0, 0.05) is 43.2 Å². The van der Waals surface area contributed by atoms with Crippen LogP contribution in [-0.4, -0.2) is 23.4 Å². The van der Waals surface area contributed by atoms with Gasteiger partial charge in [-0.3, -0.25) is 14.9 Å². The summed E-state index contributed by atoms with van der Waals surface area (Å²) in [6.45, 7) is 2.61. The second-order valence-corrected chi connectivity index (χ2v) is 5.92. The molecule has 0 saturated heterocycles. The molecule has 2 aromatic rings. The molecule has 134 valence electrons. The molecule has 2 rings (SSSR count). The van der Waals surface area contributed by atoms with E-state index in [9.17, 15) is 14.9 Å². The van der Waals surface area contributed by atoms with E-state index in [-0.39, 0.29) is 17.6 Å². The number of amides is 1. The molecule has 2 N–H and O–H groups in total. The molecule has 0 aliphatic carbocycles. The molecule has 1 aromatic carbocycles. The average molecular weight is 345 g/mol. The first-order valence-corrected chi connectivity index (χ1v) is 8.34. The van der Waals surface area contributed by atoms with Crippen LogP contribution in [0.1, 0.15) is 31.9 Å². The van der Waals surface area contributed by atoms with Crippen molar-refractivity contribution in [3.63, 3.8) is 0 Å². The molecular formula is C18H23N3O4. The van der Waals surface area contributed by atoms with Crippen LogP contribution in [0.3, 0.4) is 0 Å². The smallest absolute Gasteiger partial charge is 0.269 e. The summed E-state index contributed by atoms with van der Waals surface area (Å²) in [4.78, 5) is 22.1. The summed E-state index contributed by atoms with van der Waals surface area (Å²) in [5.41, 5.74) is 0.867. The van der Waals surface area contributed by atoms with Crippen LogP contribution in [0.15, 0.2) is 47.1 Å². The zero-order chi connectivity index (χ0) is 18.1. The summed E-state index contributed by atoms with van der Waals surface area (Å²) < 4.78 is 5.27. The van der Waals surface area contributed by atoms with Gasteiger partial charge in [0.05, 0.1) is 11.2 Å². The van der Waals surface area contributed by atoms with Crippen LogP contribution in [0.4, 0.5) is 11.4 Å². The molecule has 0 unspecified atom stereocenters. The molecule has 1 amide bonds. The number of hydrogen-bond donors (Lipinski definition) is 2. The monoisotopic (exact) mass is 345 g/mol. The highest BCUT2D eigenvalue weighted by Crippen LogP contribution is 2.15. The van der Waals surface area contributed by atoms with Gasteiger partial charge in [-0.2, -0.15) is 0 Å². The molecule has 0 aliphatic heterocycles. The molecule has 0 aliphatic rings. The normalized spacial score (nSPS) is 11.7. The SMILES string of the molecule is C[C@H](CCc1ccco1)NC(=O)CCCNc1ccc([N+](=O)[O-])cc1. The Morgan fingerprint density at radius 1 is 1.28 bits per heavy atom. The van der Waals surface area contributed by atoms with E-state index in [1.54, 1.807) is 18.4 Å². The van der Waals surface area contributed by atoms with Crippen molar-refractivity contribution in [2.45, 2.75) is 38.6 Å². The van der Waals surface area contributed by atoms with E-state index in [0.29, 0.717) is 19.4 Å². The van der Waals surface area contributed by atoms with Crippen molar-refractivity contribution in [3.8, 4) is 0 Å². The number of nitro benzene ring substituents is 1. The number of benzene rings is 1. The second kappa shape index (κ2) is 9.46. The number of furan rings is 1. The third-order valence-corrected chi connectivity index (χ3v) is 3.80. The molecular weight excluding hydrogens is 322 g/mol. The predicted octanol–water partition coefficient (Wildman–Crippen LogP) is 3.52. The molecule has 0 bridgehead atoms. The largest absolute Gasteiger partial charge is 0.469 e. The number of nitrogens with one attached hydrogen (secondary N) is 2. The third-order valence-electron chi connectivity index (χ3n) is 3.80. The highest BCUT2D eigenvalue weighted by molar-refractivity contribution is 5.76. The Morgan fingerprint density at radius 3 is 2.68 bits per heavy atom. The molecule has 1 atom stereocenters. The summed E-state index contributed by atoms with van der Waals surface area (Å²) in [6, 6.07) is 10.1. The van der Waals surface area contributed by atoms with Crippen molar-refractivity contribution in [1.29, 1.82) is 0 Å². The molecule has 25 heavy (non-hydrogen) atoms. The standard InChI is InChI=1S/C18H23N3O4/c1-14(6-11-17-4-3-13-25-17)20-18(22)5-2-12-19-15-7-9-16(10-8-15)21(23)24/h3-4,7-10,13-14,19H,2,5-6,11-12H2,1H3,(H,20,22)/t14-/m1/s1. The van der Waals surface area contributed by atoms with Crippen LogP contribution in [0.25, 0.3) is 0 Å². The molecule has 0 saturated carbocycles. The molecule has 1 heterocycles. The molecule has 0 spiro atoms. The molecule has 0 radical (unpaired) electrons. The minimum Gasteiger partial charge on any atom is -0.469 e. The number of nitrogens with zero attached hydrogens (tertiary/aromatic N) is 1. The Hall–Kier alpha value is -2.83. The first-order chi connectivity index (χ1) is 12.0. The predicted molar refractivity (Wildman–Crippen MR) is 95.5 cm³/mol. The maximum absolute atomic E-state index is 11.9. The fraction of sp³-hybridized carbons (Fsp3) is 0.389. The number of anilines is 1. The highest BCUT2D eigenvalue weighted by atomic mass is 16.6. The quantitative estimate of drug-likeness (QED) is 0.390. The summed E-state index contributed by atoms with van der Waals surface area (Å²) in [5, 5.41) is 16.7. The number of carbonyl (C=O) groups is 1. The van der Waals surface area contributed by atoms with Gasteiger partial charge < -0.3 is 15.1 Å². The van der Waals surface area contributed by atoms with Crippen LogP contribution in [0.5, 0.6) is 0 Å². The van der Waals surface area contributed by atoms with Crippen molar-refractivity contribution >= 4 is 17.3 Å². The van der Waals surface area contributed by atoms with E-state index in [1.165, 1.54) is 12.1 Å². The summed E-state index contributed by atoms with van der Waals surface area (Å²) in [6.07, 6.45) is 4.41. The maximum atomic E-state index is 11.9. The van der Waals surface area contributed by atoms with Crippen LogP contribution in [0.2, 0.25) is 0 Å². The Balaban J connectivity index is 1.59. The fourth-order valence-corrected chi connectivity index (χ4v) is 2.42. The fourth-order valence-electron chi connectivity index (χ4n) is 2.42. The first kappa shape index (κ1) is 18.5. The van der Waals surface area contributed by atoms with Crippen LogP contribution in [0, 0.1) is 10.1 Å². The maximum Gasteiger partial charge on any atom is 0.269 e. The molecule has 1 aromatic heterocycles. The lowest BCUT2D eigenvalue weighted by molar-refractivity contribution is -0.384. The van der Waals surface area contributed by atoms with Gasteiger partial charge in [0.15, 0.2) is 0 Å². The van der Waals surface area contributed by atoms with Gasteiger partial charge >= 0.3 is 0 Å². The number of aryl methyl sites for hydroxylation is 1. The first-order valence-electron chi connectivity index (χ1n) is 8.34. The Bertz CT molecular complexity index is 668. The van der Waals surface area contributed by atoms with Crippen molar-refractivity contribution in [1.82, 2.24) is 5.32 Å². The summed E-state index contributed by atoms with van der Waals surface area (Å²) >= 11 is 0. The second-order valence-electron chi connectivity index (χ2n) is 5.92. The van der Waals surface area contributed by atoms with E-state index in [0.717, 1.165) is 24.3 Å². The van der Waals surface area contributed by atoms with Gasteiger partial charge in [-0.05, 0) is 44.0 Å². The zero-order valence-electron chi connectivity index (χ0n) is 14.2. The van der Waals surface area contributed by atoms with Crippen LogP contribution in [-0.2, 0) is 11.2 Å². The van der Waals surface area contributed by atoms with Gasteiger partial charge in [0.2, 0.25) is 5.91 Å². The highest BCUT2D eigenvalue weighted by Gasteiger charge is 2.08. The Labute approximate surface area is 146 Å². The number of rotatable bonds is 10. The van der Waals surface area contributed by atoms with E-state index in [2.05, 4.69) is 10.6 Å². The van der Waals surface area contributed by atoms with Crippen molar-refractivity contribution < 1.29 is 14.1 Å². The molecule has 7 nitrogen and oxygen atoms in total. The number of non-ortho nitro benzene ring substituents is 1. The van der Waals surface area contributed by atoms with Crippen LogP contribution >= 0.6 is 0 Å². The summed E-state index contributed by atoms with van der Waals surface area (Å²) in [5.74, 6) is 0.950. The van der Waals surface area contributed by atoms with E-state index in [4.69, 9.17) is 4.42 Å². The minimum absolute atomic E-state index is 0.0254. The minimum atomic E-state index is -0.429. The lowest BCUT2D eigenvalue weighted by atomic mass is 10.1. The zero-order valence-corrected chi connectivity index (χ0v) is 14.2.